The molecule has 3 aromatic rings. The summed E-state index contributed by atoms with van der Waals surface area (Å²) in [4.78, 5) is 24.1. The molecule has 4 rings (SSSR count). The second kappa shape index (κ2) is 6.96. The molecule has 1 N–H and O–H groups in total. The maximum Gasteiger partial charge on any atom is 0.255 e. The molecule has 0 spiro atoms. The van der Waals surface area contributed by atoms with Crippen LogP contribution < -0.4 is 5.32 Å². The second-order valence-corrected chi connectivity index (χ2v) is 6.60. The minimum atomic E-state index is -0.128. The molecule has 3 aromatic carbocycles. The average Bonchev–Trinajstić information content (AvgIpc) is 2.69. The van der Waals surface area contributed by atoms with Crippen molar-refractivity contribution in [1.82, 2.24) is 0 Å². The Labute approximate surface area is 152 Å². The molecule has 1 aliphatic rings. The van der Waals surface area contributed by atoms with Crippen LogP contribution >= 0.6 is 0 Å². The van der Waals surface area contributed by atoms with E-state index in [9.17, 15) is 9.59 Å². The van der Waals surface area contributed by atoms with Crippen LogP contribution in [0.2, 0.25) is 0 Å². The highest BCUT2D eigenvalue weighted by molar-refractivity contribution is 6.04. The molecule has 3 nitrogen and oxygen atoms in total. The number of amides is 1. The minimum absolute atomic E-state index is 0.128. The Bertz CT molecular complexity index is 959. The summed E-state index contributed by atoms with van der Waals surface area (Å²) >= 11 is 0. The largest absolute Gasteiger partial charge is 0.322 e. The Balaban J connectivity index is 1.49. The van der Waals surface area contributed by atoms with Crippen molar-refractivity contribution >= 4 is 17.4 Å². The van der Waals surface area contributed by atoms with Gasteiger partial charge in [0.25, 0.3) is 5.91 Å². The van der Waals surface area contributed by atoms with Gasteiger partial charge in [-0.2, -0.15) is 0 Å². The maximum atomic E-state index is 12.5. The summed E-state index contributed by atoms with van der Waals surface area (Å²) < 4.78 is 0. The van der Waals surface area contributed by atoms with E-state index >= 15 is 0 Å². The zero-order valence-corrected chi connectivity index (χ0v) is 14.4. The van der Waals surface area contributed by atoms with E-state index in [1.54, 1.807) is 0 Å². The van der Waals surface area contributed by atoms with Crippen LogP contribution in [-0.4, -0.2) is 11.7 Å². The average molecular weight is 341 g/mol. The SMILES string of the molecule is O=C1CCc2cc(NC(=O)c3ccc(-c4ccccc4)cc3)ccc2C1. The third kappa shape index (κ3) is 3.42. The van der Waals surface area contributed by atoms with E-state index in [0.717, 1.165) is 34.4 Å². The number of benzene rings is 3. The number of aryl methyl sites for hydroxylation is 1. The van der Waals surface area contributed by atoms with E-state index in [1.165, 1.54) is 0 Å². The minimum Gasteiger partial charge on any atom is -0.322 e. The van der Waals surface area contributed by atoms with Crippen LogP contribution in [-0.2, 0) is 17.6 Å². The van der Waals surface area contributed by atoms with Gasteiger partial charge in [0.1, 0.15) is 5.78 Å². The molecule has 3 heteroatoms. The van der Waals surface area contributed by atoms with Crippen molar-refractivity contribution in [3.05, 3.63) is 89.5 Å². The standard InChI is InChI=1S/C23H19NO2/c25-22-13-11-19-14-21(12-10-20(19)15-22)24-23(26)18-8-6-17(7-9-18)16-4-2-1-3-5-16/h1-10,12,14H,11,13,15H2,(H,24,26). The number of carbonyl (C=O) groups excluding carboxylic acids is 2. The molecule has 0 heterocycles. The predicted octanol–water partition coefficient (Wildman–Crippen LogP) is 4.66. The number of hydrogen-bond donors (Lipinski definition) is 1. The third-order valence-electron chi connectivity index (χ3n) is 4.78. The highest BCUT2D eigenvalue weighted by Gasteiger charge is 2.16. The van der Waals surface area contributed by atoms with Crippen molar-refractivity contribution in [3.63, 3.8) is 0 Å². The zero-order chi connectivity index (χ0) is 17.9. The first kappa shape index (κ1) is 16.3. The number of nitrogens with one attached hydrogen (secondary N) is 1. The lowest BCUT2D eigenvalue weighted by Gasteiger charge is -2.16. The number of carbonyl (C=O) groups is 2. The Morgan fingerprint density at radius 2 is 1.50 bits per heavy atom. The Morgan fingerprint density at radius 3 is 2.27 bits per heavy atom. The van der Waals surface area contributed by atoms with Crippen LogP contribution in [0.15, 0.2) is 72.8 Å². The molecule has 0 aromatic heterocycles. The van der Waals surface area contributed by atoms with Gasteiger partial charge in [0.15, 0.2) is 0 Å². The van der Waals surface area contributed by atoms with Gasteiger partial charge in [0.2, 0.25) is 0 Å². The summed E-state index contributed by atoms with van der Waals surface area (Å²) in [5.74, 6) is 0.157. The molecule has 128 valence electrons. The molecular weight excluding hydrogens is 322 g/mol. The summed E-state index contributed by atoms with van der Waals surface area (Å²) in [7, 11) is 0. The lowest BCUT2D eigenvalue weighted by molar-refractivity contribution is -0.118. The fourth-order valence-corrected chi connectivity index (χ4v) is 3.33. The molecule has 1 amide bonds. The second-order valence-electron chi connectivity index (χ2n) is 6.60. The van der Waals surface area contributed by atoms with Gasteiger partial charge in [0, 0.05) is 24.1 Å². The van der Waals surface area contributed by atoms with Gasteiger partial charge in [-0.05, 0) is 52.9 Å². The monoisotopic (exact) mass is 341 g/mol. The molecule has 26 heavy (non-hydrogen) atoms. The van der Waals surface area contributed by atoms with Crippen molar-refractivity contribution in [2.45, 2.75) is 19.3 Å². The van der Waals surface area contributed by atoms with Crippen LogP contribution in [0.4, 0.5) is 5.69 Å². The van der Waals surface area contributed by atoms with E-state index in [1.807, 2.05) is 72.8 Å². The molecule has 0 unspecified atom stereocenters. The summed E-state index contributed by atoms with van der Waals surface area (Å²) in [6.07, 6.45) is 1.85. The normalized spacial score (nSPS) is 13.2. The number of anilines is 1. The summed E-state index contributed by atoms with van der Waals surface area (Å²) in [5.41, 5.74) is 5.84. The highest BCUT2D eigenvalue weighted by atomic mass is 16.1. The van der Waals surface area contributed by atoms with Crippen molar-refractivity contribution < 1.29 is 9.59 Å². The Hall–Kier alpha value is -3.20. The predicted molar refractivity (Wildman–Crippen MR) is 103 cm³/mol. The lowest BCUT2D eigenvalue weighted by Crippen LogP contribution is -2.15. The van der Waals surface area contributed by atoms with Gasteiger partial charge >= 0.3 is 0 Å². The quantitative estimate of drug-likeness (QED) is 0.753. The van der Waals surface area contributed by atoms with Crippen molar-refractivity contribution in [2.75, 3.05) is 5.32 Å². The van der Waals surface area contributed by atoms with E-state index in [-0.39, 0.29) is 11.7 Å². The molecule has 0 fully saturated rings. The summed E-state index contributed by atoms with van der Waals surface area (Å²) in [5, 5.41) is 2.95. The molecule has 1 aliphatic carbocycles. The van der Waals surface area contributed by atoms with Crippen molar-refractivity contribution in [2.24, 2.45) is 0 Å². The molecule has 0 saturated carbocycles. The van der Waals surface area contributed by atoms with Crippen LogP contribution in [0.25, 0.3) is 11.1 Å². The number of fused-ring (bicyclic) bond motifs is 1. The van der Waals surface area contributed by atoms with Crippen molar-refractivity contribution in [1.29, 1.82) is 0 Å². The van der Waals surface area contributed by atoms with Crippen LogP contribution in [0.5, 0.6) is 0 Å². The lowest BCUT2D eigenvalue weighted by atomic mass is 9.90. The molecule has 0 radical (unpaired) electrons. The number of hydrogen-bond acceptors (Lipinski definition) is 2. The number of Topliss-reactive ketones (excluding diaryl/α,β-unsaturated/α-hetero) is 1. The van der Waals surface area contributed by atoms with Gasteiger partial charge < -0.3 is 5.32 Å². The highest BCUT2D eigenvalue weighted by Crippen LogP contribution is 2.24. The van der Waals surface area contributed by atoms with Gasteiger partial charge in [-0.3, -0.25) is 9.59 Å². The first-order valence-electron chi connectivity index (χ1n) is 8.79. The first-order valence-corrected chi connectivity index (χ1v) is 8.79. The topological polar surface area (TPSA) is 46.2 Å². The Morgan fingerprint density at radius 1 is 0.769 bits per heavy atom. The van der Waals surface area contributed by atoms with E-state index in [4.69, 9.17) is 0 Å². The van der Waals surface area contributed by atoms with Crippen LogP contribution in [0.1, 0.15) is 27.9 Å². The number of ketones is 1. The fraction of sp³-hybridized carbons (Fsp3) is 0.130. The van der Waals surface area contributed by atoms with E-state index in [0.29, 0.717) is 18.4 Å². The van der Waals surface area contributed by atoms with Gasteiger partial charge in [-0.15, -0.1) is 0 Å². The van der Waals surface area contributed by atoms with Crippen LogP contribution in [0.3, 0.4) is 0 Å². The zero-order valence-electron chi connectivity index (χ0n) is 14.4. The van der Waals surface area contributed by atoms with E-state index < -0.39 is 0 Å². The molecular formula is C23H19NO2. The van der Waals surface area contributed by atoms with Crippen molar-refractivity contribution in [3.8, 4) is 11.1 Å². The molecule has 0 bridgehead atoms. The third-order valence-corrected chi connectivity index (χ3v) is 4.78. The number of rotatable bonds is 3. The summed E-state index contributed by atoms with van der Waals surface area (Å²) in [6, 6.07) is 23.5. The molecule has 0 atom stereocenters. The fourth-order valence-electron chi connectivity index (χ4n) is 3.33. The van der Waals surface area contributed by atoms with Crippen LogP contribution in [0, 0.1) is 0 Å². The molecule has 0 saturated heterocycles. The Kier molecular flexibility index (Phi) is 4.36. The summed E-state index contributed by atoms with van der Waals surface area (Å²) in [6.45, 7) is 0. The smallest absolute Gasteiger partial charge is 0.255 e. The van der Waals surface area contributed by atoms with Gasteiger partial charge in [-0.1, -0.05) is 48.5 Å². The maximum absolute atomic E-state index is 12.5. The van der Waals surface area contributed by atoms with Gasteiger partial charge in [-0.25, -0.2) is 0 Å². The van der Waals surface area contributed by atoms with Gasteiger partial charge in [0.05, 0.1) is 0 Å². The molecule has 0 aliphatic heterocycles. The van der Waals surface area contributed by atoms with E-state index in [2.05, 4.69) is 5.32 Å². The first-order chi connectivity index (χ1) is 12.7.